The highest BCUT2D eigenvalue weighted by molar-refractivity contribution is 5.86. The summed E-state index contributed by atoms with van der Waals surface area (Å²) in [7, 11) is 0. The van der Waals surface area contributed by atoms with Crippen LogP contribution in [0.5, 0.6) is 5.75 Å². The van der Waals surface area contributed by atoms with E-state index in [9.17, 15) is 39.9 Å². The maximum absolute atomic E-state index is 13.1. The summed E-state index contributed by atoms with van der Waals surface area (Å²) in [5.41, 5.74) is -0.779. The van der Waals surface area contributed by atoms with Gasteiger partial charge in [-0.2, -0.15) is 0 Å². The van der Waals surface area contributed by atoms with Crippen molar-refractivity contribution in [3.63, 3.8) is 0 Å². The zero-order valence-corrected chi connectivity index (χ0v) is 18.9. The standard InChI is InChI=1S/C25H24O11/c1-11(26)21(35-25-20(30)18(28)19(29)22(36-25)23(31)32)15(12-7-3-2-4-8-12)16-17(27)13-9-5-6-10-14(13)34-24(16)33/h2-10,15,18-22,25,27-30H,1H3,(H,31,32)/t15-,18+,19+,20-,21-,22+,25-/m1/s1. The number of aromatic hydroxyl groups is 1. The third kappa shape index (κ3) is 4.62. The van der Waals surface area contributed by atoms with Crippen LogP contribution in [0.4, 0.5) is 0 Å². The number of ether oxygens (including phenoxy) is 2. The van der Waals surface area contributed by atoms with Gasteiger partial charge in [0, 0.05) is 0 Å². The number of aliphatic hydroxyl groups excluding tert-OH is 3. The molecule has 190 valence electrons. The van der Waals surface area contributed by atoms with Crippen LogP contribution in [0.3, 0.4) is 0 Å². The van der Waals surface area contributed by atoms with Crippen molar-refractivity contribution in [1.29, 1.82) is 0 Å². The number of aliphatic carboxylic acids is 1. The number of hydrogen-bond donors (Lipinski definition) is 5. The molecule has 1 fully saturated rings. The summed E-state index contributed by atoms with van der Waals surface area (Å²) >= 11 is 0. The van der Waals surface area contributed by atoms with Crippen molar-refractivity contribution in [1.82, 2.24) is 0 Å². The molecule has 1 aliphatic heterocycles. The third-order valence-electron chi connectivity index (χ3n) is 6.09. The largest absolute Gasteiger partial charge is 0.507 e. The summed E-state index contributed by atoms with van der Waals surface area (Å²) in [5, 5.41) is 51.1. The van der Waals surface area contributed by atoms with Gasteiger partial charge >= 0.3 is 11.6 Å². The molecule has 3 aromatic rings. The van der Waals surface area contributed by atoms with Crippen LogP contribution in [-0.4, -0.2) is 74.1 Å². The fraction of sp³-hybridized carbons (Fsp3) is 0.320. The third-order valence-corrected chi connectivity index (χ3v) is 6.09. The minimum Gasteiger partial charge on any atom is -0.507 e. The number of fused-ring (bicyclic) bond motifs is 1. The average molecular weight is 500 g/mol. The first-order valence-electron chi connectivity index (χ1n) is 11.0. The normalized spacial score (nSPS) is 25.8. The molecule has 0 radical (unpaired) electrons. The van der Waals surface area contributed by atoms with E-state index in [0.29, 0.717) is 5.56 Å². The predicted octanol–water partition coefficient (Wildman–Crippen LogP) is 0.497. The summed E-state index contributed by atoms with van der Waals surface area (Å²) < 4.78 is 16.3. The maximum Gasteiger partial charge on any atom is 0.343 e. The highest BCUT2D eigenvalue weighted by Gasteiger charge is 2.49. The molecule has 1 aliphatic rings. The van der Waals surface area contributed by atoms with Crippen molar-refractivity contribution in [2.45, 2.75) is 49.7 Å². The monoisotopic (exact) mass is 500 g/mol. The van der Waals surface area contributed by atoms with Gasteiger partial charge in [0.15, 0.2) is 18.2 Å². The zero-order chi connectivity index (χ0) is 26.1. The fourth-order valence-corrected chi connectivity index (χ4v) is 4.29. The van der Waals surface area contributed by atoms with Crippen molar-refractivity contribution in [3.8, 4) is 5.75 Å². The Labute approximate surface area is 203 Å². The lowest BCUT2D eigenvalue weighted by molar-refractivity contribution is -0.302. The first kappa shape index (κ1) is 25.5. The van der Waals surface area contributed by atoms with E-state index in [4.69, 9.17) is 13.9 Å². The van der Waals surface area contributed by atoms with Crippen molar-refractivity contribution in [2.24, 2.45) is 0 Å². The zero-order valence-electron chi connectivity index (χ0n) is 18.9. The van der Waals surface area contributed by atoms with Crippen LogP contribution in [0.1, 0.15) is 24.0 Å². The molecule has 0 amide bonds. The Bertz CT molecular complexity index is 1320. The van der Waals surface area contributed by atoms with Gasteiger partial charge in [-0.1, -0.05) is 42.5 Å². The predicted molar refractivity (Wildman–Crippen MR) is 122 cm³/mol. The van der Waals surface area contributed by atoms with Gasteiger partial charge in [-0.15, -0.1) is 0 Å². The molecule has 11 nitrogen and oxygen atoms in total. The van der Waals surface area contributed by atoms with E-state index >= 15 is 0 Å². The number of carboxylic acids is 1. The molecular weight excluding hydrogens is 476 g/mol. The minimum absolute atomic E-state index is 0.114. The number of ketones is 1. The average Bonchev–Trinajstić information content (AvgIpc) is 2.85. The van der Waals surface area contributed by atoms with Crippen LogP contribution < -0.4 is 5.63 Å². The van der Waals surface area contributed by atoms with Crippen LogP contribution in [0.25, 0.3) is 11.0 Å². The molecule has 0 aliphatic carbocycles. The minimum atomic E-state index is -1.97. The maximum atomic E-state index is 13.1. The van der Waals surface area contributed by atoms with Gasteiger partial charge in [-0.05, 0) is 24.6 Å². The molecule has 1 aromatic heterocycles. The van der Waals surface area contributed by atoms with Crippen LogP contribution in [0.2, 0.25) is 0 Å². The molecule has 0 saturated carbocycles. The van der Waals surface area contributed by atoms with E-state index in [0.717, 1.165) is 6.92 Å². The lowest BCUT2D eigenvalue weighted by Crippen LogP contribution is -2.61. The van der Waals surface area contributed by atoms with E-state index in [1.807, 2.05) is 0 Å². The molecule has 0 bridgehead atoms. The quantitative estimate of drug-likeness (QED) is 0.285. The number of rotatable bonds is 7. The molecule has 4 rings (SSSR count). The number of hydrogen-bond acceptors (Lipinski definition) is 10. The van der Waals surface area contributed by atoms with Gasteiger partial charge in [0.1, 0.15) is 35.7 Å². The molecule has 2 heterocycles. The van der Waals surface area contributed by atoms with Gasteiger partial charge < -0.3 is 39.4 Å². The number of carbonyl (C=O) groups excluding carboxylic acids is 1. The van der Waals surface area contributed by atoms with Crippen LogP contribution in [-0.2, 0) is 19.1 Å². The van der Waals surface area contributed by atoms with Gasteiger partial charge in [0.05, 0.1) is 16.9 Å². The van der Waals surface area contributed by atoms with Gasteiger partial charge in [0.2, 0.25) is 0 Å². The molecule has 7 atom stereocenters. The summed E-state index contributed by atoms with van der Waals surface area (Å²) in [6, 6.07) is 14.3. The van der Waals surface area contributed by atoms with Crippen molar-refractivity contribution in [3.05, 3.63) is 76.1 Å². The molecule has 0 unspecified atom stereocenters. The second-order valence-corrected chi connectivity index (χ2v) is 8.44. The summed E-state index contributed by atoms with van der Waals surface area (Å²) in [4.78, 5) is 37.4. The van der Waals surface area contributed by atoms with Gasteiger partial charge in [0.25, 0.3) is 0 Å². The van der Waals surface area contributed by atoms with Crippen molar-refractivity contribution >= 4 is 22.7 Å². The van der Waals surface area contributed by atoms with E-state index in [1.54, 1.807) is 42.5 Å². The van der Waals surface area contributed by atoms with Gasteiger partial charge in [-0.3, -0.25) is 4.79 Å². The van der Waals surface area contributed by atoms with E-state index in [-0.39, 0.29) is 16.5 Å². The number of para-hydroxylation sites is 1. The topological polar surface area (TPSA) is 184 Å². The Morgan fingerprint density at radius 1 is 0.944 bits per heavy atom. The van der Waals surface area contributed by atoms with Gasteiger partial charge in [-0.25, -0.2) is 9.59 Å². The first-order chi connectivity index (χ1) is 17.1. The van der Waals surface area contributed by atoms with Crippen molar-refractivity contribution < 1.29 is 49.0 Å². The Morgan fingerprint density at radius 3 is 2.22 bits per heavy atom. The Kier molecular flexibility index (Phi) is 7.20. The number of benzene rings is 2. The molecule has 2 aromatic carbocycles. The Morgan fingerprint density at radius 2 is 1.58 bits per heavy atom. The Balaban J connectivity index is 1.84. The van der Waals surface area contributed by atoms with Crippen LogP contribution in [0.15, 0.2) is 63.8 Å². The van der Waals surface area contributed by atoms with E-state index < -0.39 is 65.9 Å². The highest BCUT2D eigenvalue weighted by Crippen LogP contribution is 2.38. The number of Topliss-reactive ketones (excluding diaryl/α,β-unsaturated/α-hetero) is 1. The second-order valence-electron chi connectivity index (χ2n) is 8.44. The Hall–Kier alpha value is -3.61. The van der Waals surface area contributed by atoms with E-state index in [1.165, 1.54) is 12.1 Å². The van der Waals surface area contributed by atoms with E-state index in [2.05, 4.69) is 0 Å². The second kappa shape index (κ2) is 10.2. The highest BCUT2D eigenvalue weighted by atomic mass is 16.7. The molecular formula is C25H24O11. The number of carboxylic acid groups (broad SMARTS) is 1. The summed E-state index contributed by atoms with van der Waals surface area (Å²) in [6.07, 6.45) is -11.3. The first-order valence-corrected chi connectivity index (χ1v) is 11.0. The van der Waals surface area contributed by atoms with Crippen LogP contribution >= 0.6 is 0 Å². The van der Waals surface area contributed by atoms with Crippen molar-refractivity contribution in [2.75, 3.05) is 0 Å². The lowest BCUT2D eigenvalue weighted by atomic mass is 9.84. The summed E-state index contributed by atoms with van der Waals surface area (Å²) in [5.74, 6) is -4.03. The molecule has 1 saturated heterocycles. The number of carbonyl (C=O) groups is 2. The number of aliphatic hydroxyl groups is 3. The molecule has 0 spiro atoms. The smallest absolute Gasteiger partial charge is 0.343 e. The molecule has 11 heteroatoms. The van der Waals surface area contributed by atoms with Crippen LogP contribution in [0, 0.1) is 0 Å². The summed E-state index contributed by atoms with van der Waals surface area (Å²) in [6.45, 7) is 1.13. The fourth-order valence-electron chi connectivity index (χ4n) is 4.29. The SMILES string of the molecule is CC(=O)[C@@H](O[C@@H]1O[C@H](C(=O)O)[C@@H](O)[C@H](O)[C@H]1O)[C@H](c1ccccc1)c1c(O)c2ccccc2oc1=O. The molecule has 5 N–H and O–H groups in total. The lowest BCUT2D eigenvalue weighted by Gasteiger charge is -2.40. The molecule has 36 heavy (non-hydrogen) atoms.